The Morgan fingerprint density at radius 3 is 1.00 bits per heavy atom. The molecular formula is C48H72N3O10P. The summed E-state index contributed by atoms with van der Waals surface area (Å²) in [5.41, 5.74) is 1.47. The second kappa shape index (κ2) is 29.8. The molecule has 3 amide bonds. The fourth-order valence-electron chi connectivity index (χ4n) is 6.96. The molecule has 62 heavy (non-hydrogen) atoms. The highest BCUT2D eigenvalue weighted by atomic mass is 31.2. The molecule has 344 valence electrons. The number of carbonyl (C=O) groups is 3. The number of phenols is 3. The van der Waals surface area contributed by atoms with Gasteiger partial charge in [-0.3, -0.25) is 28.0 Å². The van der Waals surface area contributed by atoms with Crippen molar-refractivity contribution in [1.82, 2.24) is 16.0 Å². The number of phosphoric acid groups is 1. The normalized spacial score (nSPS) is 13.7. The Bertz CT molecular complexity index is 1610. The highest BCUT2D eigenvalue weighted by Crippen LogP contribution is 2.51. The predicted octanol–water partition coefficient (Wildman–Crippen LogP) is 10.9. The predicted molar refractivity (Wildman–Crippen MR) is 243 cm³/mol. The summed E-state index contributed by atoms with van der Waals surface area (Å²) in [6.45, 7) is 5.17. The molecule has 0 radical (unpaired) electrons. The van der Waals surface area contributed by atoms with Crippen LogP contribution in [0.5, 0.6) is 17.2 Å². The van der Waals surface area contributed by atoms with E-state index in [9.17, 15) is 34.3 Å². The molecule has 6 N–H and O–H groups in total. The first-order valence-corrected chi connectivity index (χ1v) is 24.2. The van der Waals surface area contributed by atoms with Gasteiger partial charge in [-0.1, -0.05) is 134 Å². The van der Waals surface area contributed by atoms with E-state index >= 15 is 0 Å². The Labute approximate surface area is 369 Å². The molecule has 0 spiro atoms. The third-order valence-electron chi connectivity index (χ3n) is 10.5. The van der Waals surface area contributed by atoms with Crippen molar-refractivity contribution in [2.75, 3.05) is 19.8 Å². The van der Waals surface area contributed by atoms with E-state index < -0.39 is 45.8 Å². The molecule has 0 aliphatic rings. The summed E-state index contributed by atoms with van der Waals surface area (Å²) < 4.78 is 33.2. The summed E-state index contributed by atoms with van der Waals surface area (Å²) in [7, 11) is -4.65. The molecule has 0 aromatic heterocycles. The van der Waals surface area contributed by atoms with Gasteiger partial charge < -0.3 is 31.3 Å². The molecule has 0 fully saturated rings. The van der Waals surface area contributed by atoms with Gasteiger partial charge in [-0.2, -0.15) is 0 Å². The molecule has 3 rings (SSSR count). The topological polar surface area (TPSA) is 193 Å². The zero-order chi connectivity index (χ0) is 45.0. The van der Waals surface area contributed by atoms with Crippen LogP contribution in [0.4, 0.5) is 0 Å². The molecule has 0 heterocycles. The monoisotopic (exact) mass is 881 g/mol. The van der Waals surface area contributed by atoms with Crippen LogP contribution in [0.15, 0.2) is 72.8 Å². The van der Waals surface area contributed by atoms with Crippen LogP contribution >= 0.6 is 7.82 Å². The van der Waals surface area contributed by atoms with E-state index in [2.05, 4.69) is 36.7 Å². The zero-order valence-corrected chi connectivity index (χ0v) is 38.1. The van der Waals surface area contributed by atoms with E-state index in [4.69, 9.17) is 13.6 Å². The standard InChI is InChI=1S/C48H72N3O10P/c1-4-7-10-13-16-28-46(55)49-43(37-22-19-25-40(52)31-37)34-59-62(58,60-35-44(38-23-20-26-41(53)32-38)50-47(56)29-17-14-11-8-5-2)61-36-45(39-24-21-27-42(54)33-39)51-48(57)30-18-15-12-9-6-3/h19-27,31-33,43-45,52-54H,4-18,28-30,34-36H2,1-3H3,(H,49,55)(H,50,56)(H,51,57). The number of phosphoric ester groups is 1. The minimum absolute atomic E-state index is 0.0397. The van der Waals surface area contributed by atoms with E-state index in [-0.39, 0.29) is 54.2 Å². The number of amides is 3. The van der Waals surface area contributed by atoms with E-state index in [0.717, 1.165) is 77.0 Å². The number of aromatic hydroxyl groups is 3. The van der Waals surface area contributed by atoms with E-state index in [1.54, 1.807) is 36.4 Å². The molecule has 0 saturated carbocycles. The van der Waals surface area contributed by atoms with Crippen molar-refractivity contribution in [2.24, 2.45) is 0 Å². The highest BCUT2D eigenvalue weighted by Gasteiger charge is 2.33. The number of hydrogen-bond donors (Lipinski definition) is 6. The van der Waals surface area contributed by atoms with Gasteiger partial charge in [0.2, 0.25) is 17.7 Å². The first-order valence-electron chi connectivity index (χ1n) is 22.7. The third-order valence-corrected chi connectivity index (χ3v) is 11.9. The van der Waals surface area contributed by atoms with Gasteiger partial charge in [0.05, 0.1) is 37.9 Å². The summed E-state index contributed by atoms with van der Waals surface area (Å²) in [5.74, 6) is -0.875. The van der Waals surface area contributed by atoms with Crippen LogP contribution in [0, 0.1) is 0 Å². The van der Waals surface area contributed by atoms with Gasteiger partial charge in [0, 0.05) is 19.3 Å². The van der Waals surface area contributed by atoms with Crippen LogP contribution in [-0.4, -0.2) is 52.9 Å². The summed E-state index contributed by atoms with van der Waals surface area (Å²) >= 11 is 0. The Kier molecular flexibility index (Phi) is 25.0. The van der Waals surface area contributed by atoms with Gasteiger partial charge in [0.15, 0.2) is 0 Å². The van der Waals surface area contributed by atoms with Gasteiger partial charge in [0.25, 0.3) is 0 Å². The van der Waals surface area contributed by atoms with Crippen LogP contribution in [0.25, 0.3) is 0 Å². The molecule has 0 aliphatic carbocycles. The van der Waals surface area contributed by atoms with E-state index in [1.165, 1.54) is 36.4 Å². The highest BCUT2D eigenvalue weighted by molar-refractivity contribution is 7.48. The van der Waals surface area contributed by atoms with Crippen molar-refractivity contribution in [3.05, 3.63) is 89.5 Å². The Morgan fingerprint density at radius 1 is 0.468 bits per heavy atom. The van der Waals surface area contributed by atoms with Gasteiger partial charge in [-0.15, -0.1) is 0 Å². The number of benzene rings is 3. The van der Waals surface area contributed by atoms with Crippen LogP contribution in [0.3, 0.4) is 0 Å². The summed E-state index contributed by atoms with van der Waals surface area (Å²) in [6, 6.07) is 16.3. The van der Waals surface area contributed by atoms with Gasteiger partial charge in [-0.25, -0.2) is 4.57 Å². The lowest BCUT2D eigenvalue weighted by Gasteiger charge is -2.27. The fourth-order valence-corrected chi connectivity index (χ4v) is 8.18. The first kappa shape index (κ1) is 51.9. The van der Waals surface area contributed by atoms with Crippen molar-refractivity contribution in [3.8, 4) is 17.2 Å². The maximum atomic E-state index is 14.9. The largest absolute Gasteiger partial charge is 0.508 e. The Balaban J connectivity index is 1.92. The Morgan fingerprint density at radius 2 is 0.742 bits per heavy atom. The number of carbonyl (C=O) groups excluding carboxylic acids is 3. The number of nitrogens with one attached hydrogen (secondary N) is 3. The maximum Gasteiger partial charge on any atom is 0.475 e. The molecule has 3 unspecified atom stereocenters. The van der Waals surface area contributed by atoms with E-state index in [0.29, 0.717) is 36.0 Å². The van der Waals surface area contributed by atoms with Crippen molar-refractivity contribution in [3.63, 3.8) is 0 Å². The quantitative estimate of drug-likeness (QED) is 0.0253. The van der Waals surface area contributed by atoms with Crippen LogP contribution in [0.1, 0.15) is 171 Å². The molecule has 14 heteroatoms. The second-order valence-electron chi connectivity index (χ2n) is 16.0. The summed E-state index contributed by atoms with van der Waals surface area (Å²) in [6.07, 6.45) is 15.1. The molecule has 3 aromatic carbocycles. The summed E-state index contributed by atoms with van der Waals surface area (Å²) in [4.78, 5) is 39.7. The number of hydrogen-bond acceptors (Lipinski definition) is 10. The average molecular weight is 882 g/mol. The zero-order valence-electron chi connectivity index (χ0n) is 37.2. The lowest BCUT2D eigenvalue weighted by atomic mass is 10.1. The number of rotatable bonds is 33. The van der Waals surface area contributed by atoms with Gasteiger partial charge >= 0.3 is 7.82 Å². The molecular weight excluding hydrogens is 810 g/mol. The van der Waals surface area contributed by atoms with Crippen molar-refractivity contribution >= 4 is 25.5 Å². The van der Waals surface area contributed by atoms with Crippen molar-refractivity contribution in [2.45, 2.75) is 154 Å². The van der Waals surface area contributed by atoms with Crippen molar-refractivity contribution < 1.29 is 47.8 Å². The second-order valence-corrected chi connectivity index (χ2v) is 17.6. The maximum absolute atomic E-state index is 14.9. The lowest BCUT2D eigenvalue weighted by molar-refractivity contribution is -0.123. The third kappa shape index (κ3) is 21.1. The van der Waals surface area contributed by atoms with Gasteiger partial charge in [-0.05, 0) is 72.4 Å². The summed E-state index contributed by atoms with van der Waals surface area (Å²) in [5, 5.41) is 40.0. The lowest BCUT2D eigenvalue weighted by Crippen LogP contribution is -2.33. The first-order chi connectivity index (χ1) is 29.9. The number of unbranched alkanes of at least 4 members (excludes halogenated alkanes) is 12. The minimum atomic E-state index is -4.65. The SMILES string of the molecule is CCCCCCCC(=O)NC(COP(=O)(OCC(NC(=O)CCCCCCC)c1cccc(O)c1)OCC(NC(=O)CCCCCCC)c1cccc(O)c1)c1cccc(O)c1. The minimum Gasteiger partial charge on any atom is -0.508 e. The number of phenolic OH excluding ortho intramolecular Hbond substituents is 3. The molecule has 13 nitrogen and oxygen atoms in total. The Hall–Kier alpha value is -4.42. The van der Waals surface area contributed by atoms with E-state index in [1.807, 2.05) is 0 Å². The molecule has 3 atom stereocenters. The molecule has 0 aliphatic heterocycles. The van der Waals surface area contributed by atoms with Crippen molar-refractivity contribution in [1.29, 1.82) is 0 Å². The van der Waals surface area contributed by atoms with Crippen LogP contribution in [-0.2, 0) is 32.5 Å². The fraction of sp³-hybridized carbons (Fsp3) is 0.562. The van der Waals surface area contributed by atoms with Crippen LogP contribution in [0.2, 0.25) is 0 Å². The molecule has 0 saturated heterocycles. The molecule has 0 bridgehead atoms. The van der Waals surface area contributed by atoms with Gasteiger partial charge in [0.1, 0.15) is 17.2 Å². The average Bonchev–Trinajstić information content (AvgIpc) is 3.25. The molecule has 3 aromatic rings. The van der Waals surface area contributed by atoms with Crippen LogP contribution < -0.4 is 16.0 Å². The smallest absolute Gasteiger partial charge is 0.475 e.